The molecular weight excluding hydrogens is 359 g/mol. The standard InChI is InChI=1S/C15H19BN4O7/c21-6-10-11(7-22)20(19-18-10)5-13(23)17-12-4-8-2-1-3-9(15(24)25)14(8)27-16(12)26/h1-3,12,15,21-22,24-26H,4-7H2,(H,17,23)/t12-/m0/s1. The van der Waals surface area contributed by atoms with Crippen LogP contribution in [-0.4, -0.2) is 59.4 Å². The first-order chi connectivity index (χ1) is 12.9. The molecule has 11 nitrogen and oxygen atoms in total. The largest absolute Gasteiger partial charge is 0.547 e. The third kappa shape index (κ3) is 3.94. The summed E-state index contributed by atoms with van der Waals surface area (Å²) in [6, 6.07) is 4.78. The Morgan fingerprint density at radius 3 is 2.81 bits per heavy atom. The molecule has 0 saturated carbocycles. The number of aliphatic hydroxyl groups is 4. The monoisotopic (exact) mass is 378 g/mol. The third-order valence-electron chi connectivity index (χ3n) is 4.29. The number of rotatable bonds is 6. The number of aliphatic hydroxyl groups excluding tert-OH is 3. The van der Waals surface area contributed by atoms with Crippen molar-refractivity contribution in [2.75, 3.05) is 0 Å². The number of carbonyl (C=O) groups excluding carboxylic acids is 1. The number of fused-ring (bicyclic) bond motifs is 1. The molecule has 1 aromatic heterocycles. The van der Waals surface area contributed by atoms with Gasteiger partial charge in [-0.3, -0.25) is 4.79 Å². The van der Waals surface area contributed by atoms with Crippen LogP contribution in [0.25, 0.3) is 0 Å². The molecule has 0 unspecified atom stereocenters. The molecule has 2 heterocycles. The third-order valence-corrected chi connectivity index (χ3v) is 4.29. The van der Waals surface area contributed by atoms with Crippen LogP contribution in [0.1, 0.15) is 28.8 Å². The summed E-state index contributed by atoms with van der Waals surface area (Å²) in [5, 5.41) is 57.4. The van der Waals surface area contributed by atoms with Crippen molar-refractivity contribution in [1.29, 1.82) is 0 Å². The molecule has 1 aliphatic heterocycles. The summed E-state index contributed by atoms with van der Waals surface area (Å²) < 4.78 is 6.53. The van der Waals surface area contributed by atoms with E-state index < -0.39 is 38.5 Å². The van der Waals surface area contributed by atoms with E-state index in [4.69, 9.17) is 9.76 Å². The number of benzene rings is 1. The van der Waals surface area contributed by atoms with E-state index in [-0.39, 0.29) is 35.7 Å². The number of aromatic nitrogens is 3. The number of hydrogen-bond donors (Lipinski definition) is 6. The average Bonchev–Trinajstić information content (AvgIpc) is 3.03. The van der Waals surface area contributed by atoms with Gasteiger partial charge in [-0.25, -0.2) is 4.68 Å². The molecule has 1 aliphatic rings. The fraction of sp³-hybridized carbons (Fsp3) is 0.400. The topological polar surface area (TPSA) is 170 Å². The van der Waals surface area contributed by atoms with E-state index in [1.54, 1.807) is 12.1 Å². The van der Waals surface area contributed by atoms with Crippen molar-refractivity contribution in [2.24, 2.45) is 0 Å². The highest BCUT2D eigenvalue weighted by Crippen LogP contribution is 2.32. The van der Waals surface area contributed by atoms with Crippen molar-refractivity contribution in [1.82, 2.24) is 20.3 Å². The van der Waals surface area contributed by atoms with Gasteiger partial charge in [0.05, 0.1) is 24.8 Å². The van der Waals surface area contributed by atoms with Crippen LogP contribution in [0.4, 0.5) is 0 Å². The first-order valence-corrected chi connectivity index (χ1v) is 8.19. The van der Waals surface area contributed by atoms with Crippen LogP contribution in [-0.2, 0) is 31.0 Å². The maximum absolute atomic E-state index is 12.3. The van der Waals surface area contributed by atoms with E-state index in [2.05, 4.69) is 15.6 Å². The summed E-state index contributed by atoms with van der Waals surface area (Å²) in [7, 11) is -1.39. The van der Waals surface area contributed by atoms with E-state index in [0.717, 1.165) is 4.68 Å². The van der Waals surface area contributed by atoms with Crippen LogP contribution in [0, 0.1) is 0 Å². The number of hydrogen-bond acceptors (Lipinski definition) is 9. The number of amides is 1. The van der Waals surface area contributed by atoms with Crippen LogP contribution in [0.2, 0.25) is 0 Å². The van der Waals surface area contributed by atoms with Gasteiger partial charge >= 0.3 is 7.12 Å². The predicted molar refractivity (Wildman–Crippen MR) is 89.7 cm³/mol. The van der Waals surface area contributed by atoms with Gasteiger partial charge in [0.1, 0.15) is 18.0 Å². The van der Waals surface area contributed by atoms with Gasteiger partial charge in [-0.1, -0.05) is 23.4 Å². The number of nitrogens with one attached hydrogen (secondary N) is 1. The zero-order valence-electron chi connectivity index (χ0n) is 14.2. The van der Waals surface area contributed by atoms with Crippen molar-refractivity contribution in [3.05, 3.63) is 40.7 Å². The predicted octanol–water partition coefficient (Wildman–Crippen LogP) is -2.61. The quantitative estimate of drug-likeness (QED) is 0.233. The summed E-state index contributed by atoms with van der Waals surface area (Å²) in [5.41, 5.74) is 1.13. The van der Waals surface area contributed by atoms with Gasteiger partial charge in [0, 0.05) is 5.56 Å². The molecule has 1 atom stereocenters. The number of carbonyl (C=O) groups is 1. The molecule has 144 valence electrons. The van der Waals surface area contributed by atoms with E-state index in [0.29, 0.717) is 5.56 Å². The maximum atomic E-state index is 12.3. The zero-order valence-corrected chi connectivity index (χ0v) is 14.2. The Morgan fingerprint density at radius 1 is 1.37 bits per heavy atom. The number of nitrogens with zero attached hydrogens (tertiary/aromatic N) is 3. The van der Waals surface area contributed by atoms with Crippen molar-refractivity contribution in [3.8, 4) is 5.75 Å². The minimum atomic E-state index is -1.75. The maximum Gasteiger partial charge on any atom is 0.547 e. The second-order valence-corrected chi connectivity index (χ2v) is 6.05. The Kier molecular flexibility index (Phi) is 5.72. The smallest absolute Gasteiger partial charge is 0.534 e. The second kappa shape index (κ2) is 8.02. The van der Waals surface area contributed by atoms with Crippen LogP contribution < -0.4 is 9.97 Å². The molecular formula is C15H19BN4O7. The Bertz CT molecular complexity index is 828. The molecule has 0 saturated heterocycles. The van der Waals surface area contributed by atoms with Crippen LogP contribution in [0.3, 0.4) is 0 Å². The van der Waals surface area contributed by atoms with Gasteiger partial charge in [0.25, 0.3) is 0 Å². The highest BCUT2D eigenvalue weighted by molar-refractivity contribution is 6.46. The first-order valence-electron chi connectivity index (χ1n) is 8.19. The Labute approximate surface area is 154 Å². The van der Waals surface area contributed by atoms with E-state index >= 15 is 0 Å². The highest BCUT2D eigenvalue weighted by Gasteiger charge is 2.37. The van der Waals surface area contributed by atoms with Crippen LogP contribution >= 0.6 is 0 Å². The second-order valence-electron chi connectivity index (χ2n) is 6.05. The summed E-state index contributed by atoms with van der Waals surface area (Å²) in [6.45, 7) is -1.12. The SMILES string of the molecule is O=C(Cn1nnc(CO)c1CO)N[C@H]1Cc2cccc(C(O)O)c2OB1O. The van der Waals surface area contributed by atoms with Crippen molar-refractivity contribution in [3.63, 3.8) is 0 Å². The minimum absolute atomic E-state index is 0.128. The van der Waals surface area contributed by atoms with Crippen molar-refractivity contribution < 1.29 is 34.9 Å². The lowest BCUT2D eigenvalue weighted by atomic mass is 9.72. The molecule has 2 aromatic rings. The molecule has 0 fully saturated rings. The molecule has 12 heteroatoms. The van der Waals surface area contributed by atoms with E-state index in [1.807, 2.05) is 0 Å². The van der Waals surface area contributed by atoms with Crippen molar-refractivity contribution in [2.45, 2.75) is 38.4 Å². The average molecular weight is 378 g/mol. The Morgan fingerprint density at radius 2 is 2.15 bits per heavy atom. The molecule has 3 rings (SSSR count). The normalized spacial score (nSPS) is 16.2. The molecule has 0 aliphatic carbocycles. The van der Waals surface area contributed by atoms with Gasteiger partial charge in [-0.05, 0) is 12.0 Å². The summed E-state index contributed by atoms with van der Waals surface area (Å²) in [4.78, 5) is 12.3. The van der Waals surface area contributed by atoms with Crippen molar-refractivity contribution >= 4 is 13.0 Å². The molecule has 0 spiro atoms. The highest BCUT2D eigenvalue weighted by atomic mass is 16.5. The van der Waals surface area contributed by atoms with Gasteiger partial charge < -0.3 is 35.4 Å². The van der Waals surface area contributed by atoms with Crippen LogP contribution in [0.15, 0.2) is 18.2 Å². The molecule has 0 radical (unpaired) electrons. The lowest BCUT2D eigenvalue weighted by molar-refractivity contribution is -0.122. The lowest BCUT2D eigenvalue weighted by Crippen LogP contribution is -2.53. The molecule has 1 amide bonds. The van der Waals surface area contributed by atoms with Gasteiger partial charge in [-0.15, -0.1) is 5.10 Å². The van der Waals surface area contributed by atoms with Gasteiger partial charge in [0.15, 0.2) is 6.29 Å². The lowest BCUT2D eigenvalue weighted by Gasteiger charge is -2.29. The van der Waals surface area contributed by atoms with E-state index in [1.165, 1.54) is 6.07 Å². The summed E-state index contributed by atoms with van der Waals surface area (Å²) in [6.07, 6.45) is -1.53. The summed E-state index contributed by atoms with van der Waals surface area (Å²) in [5.74, 6) is -1.10. The fourth-order valence-electron chi connectivity index (χ4n) is 2.96. The minimum Gasteiger partial charge on any atom is -0.534 e. The first kappa shape index (κ1) is 19.3. The Balaban J connectivity index is 1.70. The fourth-order valence-corrected chi connectivity index (χ4v) is 2.96. The van der Waals surface area contributed by atoms with Gasteiger partial charge in [0.2, 0.25) is 5.91 Å². The van der Waals surface area contributed by atoms with E-state index in [9.17, 15) is 25.1 Å². The molecule has 1 aromatic carbocycles. The molecule has 27 heavy (non-hydrogen) atoms. The zero-order chi connectivity index (χ0) is 19.6. The van der Waals surface area contributed by atoms with Crippen LogP contribution in [0.5, 0.6) is 5.75 Å². The summed E-state index contributed by atoms with van der Waals surface area (Å²) >= 11 is 0. The number of para-hydroxylation sites is 1. The molecule has 0 bridgehead atoms. The van der Waals surface area contributed by atoms with Gasteiger partial charge in [-0.2, -0.15) is 0 Å². The molecule has 6 N–H and O–H groups in total. The Hall–Kier alpha value is -2.51.